The highest BCUT2D eigenvalue weighted by Gasteiger charge is 2.09. The maximum Gasteiger partial charge on any atom is 0.151 e. The van der Waals surface area contributed by atoms with Gasteiger partial charge in [0.05, 0.1) is 19.0 Å². The highest BCUT2D eigenvalue weighted by atomic mass is 32.1. The molecule has 0 spiro atoms. The molecule has 0 aliphatic rings. The Kier molecular flexibility index (Phi) is 3.62. The highest BCUT2D eigenvalue weighted by Crippen LogP contribution is 2.24. The Bertz CT molecular complexity index is 754. The van der Waals surface area contributed by atoms with Crippen molar-refractivity contribution in [3.05, 3.63) is 41.5 Å². The number of benzene rings is 1. The molecule has 6 heteroatoms. The number of nitrogens with zero attached hydrogens (tertiary/aromatic N) is 3. The summed E-state index contributed by atoms with van der Waals surface area (Å²) in [5.74, 6) is 2.10. The predicted molar refractivity (Wildman–Crippen MR) is 86.9 cm³/mol. The monoisotopic (exact) mass is 300 g/mol. The minimum Gasteiger partial charge on any atom is -0.497 e. The number of rotatable bonds is 4. The van der Waals surface area contributed by atoms with E-state index in [-0.39, 0.29) is 0 Å². The number of hydrogen-bond acceptors (Lipinski definition) is 6. The van der Waals surface area contributed by atoms with E-state index in [1.165, 1.54) is 0 Å². The molecule has 2 heterocycles. The van der Waals surface area contributed by atoms with E-state index in [9.17, 15) is 0 Å². The van der Waals surface area contributed by atoms with Gasteiger partial charge in [0, 0.05) is 12.7 Å². The van der Waals surface area contributed by atoms with Gasteiger partial charge in [0.2, 0.25) is 0 Å². The molecular weight excluding hydrogens is 284 g/mol. The topological polar surface area (TPSA) is 64.3 Å². The molecule has 1 aromatic carbocycles. The van der Waals surface area contributed by atoms with E-state index in [0.29, 0.717) is 12.4 Å². The van der Waals surface area contributed by atoms with E-state index in [4.69, 9.17) is 10.5 Å². The summed E-state index contributed by atoms with van der Waals surface area (Å²) in [5, 5.41) is 2.91. The molecule has 2 aromatic heterocycles. The summed E-state index contributed by atoms with van der Waals surface area (Å²) in [6, 6.07) is 9.83. The summed E-state index contributed by atoms with van der Waals surface area (Å²) in [6.07, 6.45) is 0. The minimum atomic E-state index is 0.541. The summed E-state index contributed by atoms with van der Waals surface area (Å²) < 4.78 is 5.16. The molecule has 0 atom stereocenters. The number of hydrogen-bond donors (Lipinski definition) is 1. The standard InChI is InChI=1S/C15H16N4OS/c1-19(10-3-5-11(20-2)6-4-10)9-13-17-14(16)12-7-8-21-15(12)18-13/h3-8H,9H2,1-2H3,(H2,16,17,18). The Hall–Kier alpha value is -2.34. The third kappa shape index (κ3) is 2.75. The highest BCUT2D eigenvalue weighted by molar-refractivity contribution is 7.16. The third-order valence-electron chi connectivity index (χ3n) is 3.29. The van der Waals surface area contributed by atoms with Gasteiger partial charge in [0.1, 0.15) is 16.4 Å². The van der Waals surface area contributed by atoms with Crippen LogP contribution in [-0.4, -0.2) is 24.1 Å². The van der Waals surface area contributed by atoms with Crippen molar-refractivity contribution >= 4 is 33.1 Å². The molecule has 0 saturated heterocycles. The van der Waals surface area contributed by atoms with Crippen LogP contribution in [0.5, 0.6) is 5.75 Å². The second-order valence-corrected chi connectivity index (χ2v) is 5.61. The first-order valence-electron chi connectivity index (χ1n) is 6.52. The van der Waals surface area contributed by atoms with Gasteiger partial charge in [-0.1, -0.05) is 0 Å². The molecule has 108 valence electrons. The van der Waals surface area contributed by atoms with Gasteiger partial charge >= 0.3 is 0 Å². The van der Waals surface area contributed by atoms with Crippen molar-refractivity contribution in [3.63, 3.8) is 0 Å². The van der Waals surface area contributed by atoms with Crippen LogP contribution in [0.15, 0.2) is 35.7 Å². The van der Waals surface area contributed by atoms with E-state index in [2.05, 4.69) is 14.9 Å². The van der Waals surface area contributed by atoms with E-state index >= 15 is 0 Å². The van der Waals surface area contributed by atoms with Crippen molar-refractivity contribution in [1.82, 2.24) is 9.97 Å². The number of anilines is 2. The van der Waals surface area contributed by atoms with Crippen molar-refractivity contribution in [2.75, 3.05) is 24.8 Å². The normalized spacial score (nSPS) is 10.8. The minimum absolute atomic E-state index is 0.541. The van der Waals surface area contributed by atoms with Crippen molar-refractivity contribution < 1.29 is 4.74 Å². The van der Waals surface area contributed by atoms with Gasteiger partial charge in [0.15, 0.2) is 5.82 Å². The van der Waals surface area contributed by atoms with Gasteiger partial charge in [-0.15, -0.1) is 11.3 Å². The quantitative estimate of drug-likeness (QED) is 0.802. The van der Waals surface area contributed by atoms with Crippen molar-refractivity contribution in [1.29, 1.82) is 0 Å². The molecule has 3 aromatic rings. The number of aromatic nitrogens is 2. The first kappa shape index (κ1) is 13.6. The lowest BCUT2D eigenvalue weighted by Crippen LogP contribution is -2.18. The van der Waals surface area contributed by atoms with Crippen molar-refractivity contribution in [2.24, 2.45) is 0 Å². The summed E-state index contributed by atoms with van der Waals surface area (Å²) in [6.45, 7) is 0.602. The second-order valence-electron chi connectivity index (χ2n) is 4.72. The summed E-state index contributed by atoms with van der Waals surface area (Å²) >= 11 is 1.58. The van der Waals surface area contributed by atoms with Crippen LogP contribution < -0.4 is 15.4 Å². The fourth-order valence-electron chi connectivity index (χ4n) is 2.14. The van der Waals surface area contributed by atoms with Crippen LogP contribution >= 0.6 is 11.3 Å². The Morgan fingerprint density at radius 1 is 1.19 bits per heavy atom. The van der Waals surface area contributed by atoms with Crippen LogP contribution in [0.4, 0.5) is 11.5 Å². The smallest absolute Gasteiger partial charge is 0.151 e. The average Bonchev–Trinajstić information content (AvgIpc) is 2.96. The maximum absolute atomic E-state index is 5.97. The van der Waals surface area contributed by atoms with Gasteiger partial charge < -0.3 is 15.4 Å². The van der Waals surface area contributed by atoms with E-state index in [1.54, 1.807) is 18.4 Å². The number of thiophene rings is 1. The fourth-order valence-corrected chi connectivity index (χ4v) is 2.93. The first-order valence-corrected chi connectivity index (χ1v) is 7.40. The number of methoxy groups -OCH3 is 1. The van der Waals surface area contributed by atoms with Gasteiger partial charge in [-0.05, 0) is 35.7 Å². The molecule has 21 heavy (non-hydrogen) atoms. The van der Waals surface area contributed by atoms with Crippen molar-refractivity contribution in [3.8, 4) is 5.75 Å². The zero-order valence-corrected chi connectivity index (χ0v) is 12.7. The van der Waals surface area contributed by atoms with E-state index in [1.807, 2.05) is 42.8 Å². The van der Waals surface area contributed by atoms with Crippen LogP contribution in [0.1, 0.15) is 5.82 Å². The predicted octanol–water partition coefficient (Wildman–Crippen LogP) is 2.92. The van der Waals surface area contributed by atoms with E-state index < -0.39 is 0 Å². The second kappa shape index (κ2) is 5.57. The molecule has 0 fully saturated rings. The molecular formula is C15H16N4OS. The molecule has 0 radical (unpaired) electrons. The zero-order valence-electron chi connectivity index (χ0n) is 11.9. The number of ether oxygens (including phenoxy) is 1. The SMILES string of the molecule is COc1ccc(N(C)Cc2nc(N)c3ccsc3n2)cc1. The van der Waals surface area contributed by atoms with Crippen LogP contribution in [0.2, 0.25) is 0 Å². The van der Waals surface area contributed by atoms with Crippen LogP contribution in [0, 0.1) is 0 Å². The molecule has 0 bridgehead atoms. The molecule has 2 N–H and O–H groups in total. The molecule has 0 unspecified atom stereocenters. The van der Waals surface area contributed by atoms with Crippen LogP contribution in [-0.2, 0) is 6.54 Å². The van der Waals surface area contributed by atoms with E-state index in [0.717, 1.165) is 27.5 Å². The Labute approximate surface area is 127 Å². The van der Waals surface area contributed by atoms with Gasteiger partial charge in [-0.3, -0.25) is 0 Å². The van der Waals surface area contributed by atoms with Crippen LogP contribution in [0.25, 0.3) is 10.2 Å². The molecule has 5 nitrogen and oxygen atoms in total. The Morgan fingerprint density at radius 3 is 2.67 bits per heavy atom. The lowest BCUT2D eigenvalue weighted by atomic mass is 10.3. The lowest BCUT2D eigenvalue weighted by Gasteiger charge is -2.18. The maximum atomic E-state index is 5.97. The molecule has 3 rings (SSSR count). The molecule has 0 saturated carbocycles. The number of nitrogen functional groups attached to an aromatic ring is 1. The Morgan fingerprint density at radius 2 is 1.95 bits per heavy atom. The zero-order chi connectivity index (χ0) is 14.8. The number of fused-ring (bicyclic) bond motifs is 1. The van der Waals surface area contributed by atoms with Crippen molar-refractivity contribution in [2.45, 2.75) is 6.54 Å². The Balaban J connectivity index is 1.83. The molecule has 0 aliphatic heterocycles. The van der Waals surface area contributed by atoms with Gasteiger partial charge in [0.25, 0.3) is 0 Å². The summed E-state index contributed by atoms with van der Waals surface area (Å²) in [5.41, 5.74) is 7.05. The van der Waals surface area contributed by atoms with Crippen LogP contribution in [0.3, 0.4) is 0 Å². The molecule has 0 aliphatic carbocycles. The third-order valence-corrected chi connectivity index (χ3v) is 4.10. The van der Waals surface area contributed by atoms with Gasteiger partial charge in [-0.25, -0.2) is 9.97 Å². The summed E-state index contributed by atoms with van der Waals surface area (Å²) in [4.78, 5) is 11.9. The van der Waals surface area contributed by atoms with Gasteiger partial charge in [-0.2, -0.15) is 0 Å². The lowest BCUT2D eigenvalue weighted by molar-refractivity contribution is 0.415. The first-order chi connectivity index (χ1) is 10.2. The largest absolute Gasteiger partial charge is 0.497 e. The fraction of sp³-hybridized carbons (Fsp3) is 0.200. The molecule has 0 amide bonds. The number of nitrogens with two attached hydrogens (primary N) is 1. The average molecular weight is 300 g/mol. The summed E-state index contributed by atoms with van der Waals surface area (Å²) in [7, 11) is 3.66.